The smallest absolute Gasteiger partial charge is 0.186 e. The lowest BCUT2D eigenvalue weighted by molar-refractivity contribution is 0.0944. The Morgan fingerprint density at radius 2 is 1.62 bits per heavy atom. The monoisotopic (exact) mass is 382 g/mol. The van der Waals surface area contributed by atoms with Gasteiger partial charge in [-0.1, -0.05) is 78.4 Å². The van der Waals surface area contributed by atoms with Gasteiger partial charge in [-0.3, -0.25) is 4.79 Å². The Morgan fingerprint density at radius 1 is 0.931 bits per heavy atom. The highest BCUT2D eigenvalue weighted by atomic mass is 16.1. The highest BCUT2D eigenvalue weighted by molar-refractivity contribution is 6.10. The predicted octanol–water partition coefficient (Wildman–Crippen LogP) is 5.24. The van der Waals surface area contributed by atoms with E-state index in [9.17, 15) is 4.79 Å². The van der Waals surface area contributed by atoms with Crippen LogP contribution in [0.3, 0.4) is 0 Å². The number of hydrogen-bond donors (Lipinski definition) is 1. The standard InChI is InChI=1S/C26H26N2O/c1-19-12-14-20(15-13-19)16-17-27-25(21-8-4-3-5-9-21)26(29)23-18-28(2)24-11-7-6-10-22(23)24/h3-15,18,25,27H,16-17H2,1-2H3/t25-/m1/s1. The molecule has 0 aliphatic heterocycles. The summed E-state index contributed by atoms with van der Waals surface area (Å²) in [7, 11) is 1.99. The van der Waals surface area contributed by atoms with Crippen LogP contribution >= 0.6 is 0 Å². The number of Topliss-reactive ketones (excluding diaryl/α,β-unsaturated/α-hetero) is 1. The van der Waals surface area contributed by atoms with E-state index in [1.807, 2.05) is 66.3 Å². The summed E-state index contributed by atoms with van der Waals surface area (Å²) in [6.07, 6.45) is 2.83. The van der Waals surface area contributed by atoms with Crippen LogP contribution in [-0.4, -0.2) is 16.9 Å². The van der Waals surface area contributed by atoms with Gasteiger partial charge >= 0.3 is 0 Å². The maximum atomic E-state index is 13.6. The largest absolute Gasteiger partial charge is 0.350 e. The Hall–Kier alpha value is -3.17. The zero-order chi connectivity index (χ0) is 20.2. The van der Waals surface area contributed by atoms with Crippen molar-refractivity contribution in [3.8, 4) is 0 Å². The molecule has 3 aromatic carbocycles. The summed E-state index contributed by atoms with van der Waals surface area (Å²) >= 11 is 0. The van der Waals surface area contributed by atoms with Gasteiger partial charge in [0.2, 0.25) is 0 Å². The van der Waals surface area contributed by atoms with E-state index in [0.717, 1.165) is 35.0 Å². The quantitative estimate of drug-likeness (QED) is 0.443. The van der Waals surface area contributed by atoms with Gasteiger partial charge in [0.1, 0.15) is 0 Å². The van der Waals surface area contributed by atoms with Gasteiger partial charge in [0.05, 0.1) is 6.04 Å². The normalized spacial score (nSPS) is 12.2. The fraction of sp³-hybridized carbons (Fsp3) is 0.192. The number of carbonyl (C=O) groups excluding carboxylic acids is 1. The van der Waals surface area contributed by atoms with Crippen LogP contribution in [0, 0.1) is 6.92 Å². The lowest BCUT2D eigenvalue weighted by Crippen LogP contribution is -2.30. The molecule has 0 bridgehead atoms. The van der Waals surface area contributed by atoms with Gasteiger partial charge < -0.3 is 9.88 Å². The third kappa shape index (κ3) is 4.15. The maximum Gasteiger partial charge on any atom is 0.186 e. The molecule has 29 heavy (non-hydrogen) atoms. The van der Waals surface area contributed by atoms with Crippen molar-refractivity contribution >= 4 is 16.7 Å². The summed E-state index contributed by atoms with van der Waals surface area (Å²) in [5.41, 5.74) is 5.36. The third-order valence-corrected chi connectivity index (χ3v) is 5.44. The van der Waals surface area contributed by atoms with Crippen molar-refractivity contribution in [1.29, 1.82) is 0 Å². The summed E-state index contributed by atoms with van der Waals surface area (Å²) in [5, 5.41) is 4.51. The summed E-state index contributed by atoms with van der Waals surface area (Å²) in [4.78, 5) is 13.6. The molecule has 1 heterocycles. The van der Waals surface area contributed by atoms with Gasteiger partial charge in [0.15, 0.2) is 5.78 Å². The Bertz CT molecular complexity index is 1110. The summed E-state index contributed by atoms with van der Waals surface area (Å²) in [6, 6.07) is 26.3. The van der Waals surface area contributed by atoms with E-state index >= 15 is 0 Å². The van der Waals surface area contributed by atoms with Gasteiger partial charge in [-0.25, -0.2) is 0 Å². The molecule has 0 aliphatic carbocycles. The first-order chi connectivity index (χ1) is 14.1. The first-order valence-corrected chi connectivity index (χ1v) is 10.1. The predicted molar refractivity (Wildman–Crippen MR) is 119 cm³/mol. The average molecular weight is 383 g/mol. The van der Waals surface area contributed by atoms with E-state index in [1.54, 1.807) is 0 Å². The van der Waals surface area contributed by atoms with Crippen molar-refractivity contribution in [2.75, 3.05) is 6.54 Å². The molecule has 4 rings (SSSR count). The number of carbonyl (C=O) groups is 1. The van der Waals surface area contributed by atoms with Crippen molar-refractivity contribution in [1.82, 2.24) is 9.88 Å². The Morgan fingerprint density at radius 3 is 2.38 bits per heavy atom. The molecule has 3 heteroatoms. The molecule has 3 nitrogen and oxygen atoms in total. The molecule has 0 unspecified atom stereocenters. The minimum Gasteiger partial charge on any atom is -0.350 e. The lowest BCUT2D eigenvalue weighted by atomic mass is 9.96. The zero-order valence-corrected chi connectivity index (χ0v) is 16.9. The van der Waals surface area contributed by atoms with Crippen molar-refractivity contribution in [2.24, 2.45) is 7.05 Å². The number of aromatic nitrogens is 1. The van der Waals surface area contributed by atoms with E-state index in [4.69, 9.17) is 0 Å². The van der Waals surface area contributed by atoms with Crippen molar-refractivity contribution in [2.45, 2.75) is 19.4 Å². The maximum absolute atomic E-state index is 13.6. The second-order valence-electron chi connectivity index (χ2n) is 7.57. The first kappa shape index (κ1) is 19.2. The first-order valence-electron chi connectivity index (χ1n) is 10.1. The molecule has 1 N–H and O–H groups in total. The molecule has 0 saturated carbocycles. The average Bonchev–Trinajstić information content (AvgIpc) is 3.10. The van der Waals surface area contributed by atoms with E-state index in [2.05, 4.69) is 42.6 Å². The van der Waals surface area contributed by atoms with Crippen LogP contribution in [0.15, 0.2) is 85.1 Å². The lowest BCUT2D eigenvalue weighted by Gasteiger charge is -2.18. The second kappa shape index (κ2) is 8.46. The Balaban J connectivity index is 1.60. The van der Waals surface area contributed by atoms with Crippen LogP contribution in [0.2, 0.25) is 0 Å². The van der Waals surface area contributed by atoms with Gasteiger partial charge in [-0.05, 0) is 30.5 Å². The third-order valence-electron chi connectivity index (χ3n) is 5.44. The number of benzene rings is 3. The van der Waals surface area contributed by atoms with Crippen LogP contribution in [0.1, 0.15) is 33.1 Å². The van der Waals surface area contributed by atoms with Gasteiger partial charge in [0, 0.05) is 36.3 Å². The van der Waals surface area contributed by atoms with E-state index in [0.29, 0.717) is 0 Å². The zero-order valence-electron chi connectivity index (χ0n) is 16.9. The van der Waals surface area contributed by atoms with Crippen molar-refractivity contribution in [3.05, 3.63) is 107 Å². The number of para-hydroxylation sites is 1. The molecule has 0 amide bonds. The van der Waals surface area contributed by atoms with Crippen molar-refractivity contribution < 1.29 is 4.79 Å². The number of rotatable bonds is 7. The van der Waals surface area contributed by atoms with Gasteiger partial charge in [0.25, 0.3) is 0 Å². The molecule has 0 radical (unpaired) electrons. The number of nitrogens with zero attached hydrogens (tertiary/aromatic N) is 1. The van der Waals surface area contributed by atoms with Crippen LogP contribution in [0.4, 0.5) is 0 Å². The molecular weight excluding hydrogens is 356 g/mol. The highest BCUT2D eigenvalue weighted by Crippen LogP contribution is 2.26. The molecule has 1 atom stereocenters. The fourth-order valence-electron chi connectivity index (χ4n) is 3.82. The summed E-state index contributed by atoms with van der Waals surface area (Å²) in [5.74, 6) is 0.108. The topological polar surface area (TPSA) is 34.0 Å². The Kier molecular flexibility index (Phi) is 5.59. The SMILES string of the molecule is Cc1ccc(CCN[C@@H](C(=O)c2cn(C)c3ccccc23)c2ccccc2)cc1. The second-order valence-corrected chi connectivity index (χ2v) is 7.57. The molecule has 1 aromatic heterocycles. The summed E-state index contributed by atoms with van der Waals surface area (Å²) < 4.78 is 2.02. The molecule has 0 spiro atoms. The summed E-state index contributed by atoms with van der Waals surface area (Å²) in [6.45, 7) is 2.83. The van der Waals surface area contributed by atoms with Gasteiger partial charge in [-0.2, -0.15) is 0 Å². The van der Waals surface area contributed by atoms with Gasteiger partial charge in [-0.15, -0.1) is 0 Å². The van der Waals surface area contributed by atoms with Crippen LogP contribution in [-0.2, 0) is 13.5 Å². The highest BCUT2D eigenvalue weighted by Gasteiger charge is 2.24. The van der Waals surface area contributed by atoms with E-state index < -0.39 is 0 Å². The number of hydrogen-bond acceptors (Lipinski definition) is 2. The minimum atomic E-state index is -0.368. The number of fused-ring (bicyclic) bond motifs is 1. The van der Waals surface area contributed by atoms with E-state index in [1.165, 1.54) is 11.1 Å². The molecule has 0 aliphatic rings. The number of aryl methyl sites for hydroxylation is 2. The van der Waals surface area contributed by atoms with Crippen LogP contribution < -0.4 is 5.32 Å². The molecule has 146 valence electrons. The minimum absolute atomic E-state index is 0.108. The molecule has 0 fully saturated rings. The molecule has 4 aromatic rings. The van der Waals surface area contributed by atoms with Crippen LogP contribution in [0.5, 0.6) is 0 Å². The fourth-order valence-corrected chi connectivity index (χ4v) is 3.82. The molecular formula is C26H26N2O. The Labute approximate surface area is 172 Å². The van der Waals surface area contributed by atoms with Crippen LogP contribution in [0.25, 0.3) is 10.9 Å². The number of nitrogens with one attached hydrogen (secondary N) is 1. The number of ketones is 1. The van der Waals surface area contributed by atoms with Crippen molar-refractivity contribution in [3.63, 3.8) is 0 Å². The van der Waals surface area contributed by atoms with E-state index in [-0.39, 0.29) is 11.8 Å². The molecule has 0 saturated heterocycles.